The predicted molar refractivity (Wildman–Crippen MR) is 126 cm³/mol. The van der Waals surface area contributed by atoms with Gasteiger partial charge in [0, 0.05) is 30.5 Å². The molecule has 1 saturated heterocycles. The first-order valence-electron chi connectivity index (χ1n) is 11.2. The van der Waals surface area contributed by atoms with Crippen molar-refractivity contribution in [2.75, 3.05) is 14.2 Å². The molecule has 2 unspecified atom stereocenters. The number of likely N-dealkylation sites (tertiary alicyclic amines) is 1. The largest absolute Gasteiger partial charge is 0.496 e. The SMILES string of the molecule is COc1cccc(OC)c1C1CCCCC(C=O)N1Cc1cncc(-c2ccccc2)c1. The number of carbonyl (C=O) groups excluding carboxylic acids is 1. The zero-order valence-electron chi connectivity index (χ0n) is 18.7. The fourth-order valence-corrected chi connectivity index (χ4v) is 4.72. The molecule has 2 atom stereocenters. The average Bonchev–Trinajstić information content (AvgIpc) is 3.06. The predicted octanol–water partition coefficient (Wildman–Crippen LogP) is 5.45. The Morgan fingerprint density at radius 1 is 0.938 bits per heavy atom. The lowest BCUT2D eigenvalue weighted by atomic mass is 9.97. The van der Waals surface area contributed by atoms with Gasteiger partial charge >= 0.3 is 0 Å². The Hall–Kier alpha value is -3.18. The summed E-state index contributed by atoms with van der Waals surface area (Å²) in [4.78, 5) is 19.0. The van der Waals surface area contributed by atoms with Crippen LogP contribution in [0.15, 0.2) is 67.0 Å². The summed E-state index contributed by atoms with van der Waals surface area (Å²) in [5.74, 6) is 1.59. The maximum absolute atomic E-state index is 12.2. The lowest BCUT2D eigenvalue weighted by Crippen LogP contribution is -2.38. The highest BCUT2D eigenvalue weighted by Crippen LogP contribution is 2.43. The second kappa shape index (κ2) is 10.4. The molecule has 0 aliphatic carbocycles. The number of nitrogens with zero attached hydrogens (tertiary/aromatic N) is 2. The van der Waals surface area contributed by atoms with E-state index < -0.39 is 0 Å². The Morgan fingerprint density at radius 2 is 1.66 bits per heavy atom. The van der Waals surface area contributed by atoms with Crippen LogP contribution in [0.3, 0.4) is 0 Å². The molecule has 0 amide bonds. The van der Waals surface area contributed by atoms with Crippen molar-refractivity contribution in [2.24, 2.45) is 0 Å². The smallest absolute Gasteiger partial charge is 0.137 e. The minimum Gasteiger partial charge on any atom is -0.496 e. The van der Waals surface area contributed by atoms with Gasteiger partial charge in [0.05, 0.1) is 25.8 Å². The molecule has 5 nitrogen and oxygen atoms in total. The van der Waals surface area contributed by atoms with Crippen LogP contribution in [0.4, 0.5) is 0 Å². The van der Waals surface area contributed by atoms with Gasteiger partial charge in [0.15, 0.2) is 0 Å². The van der Waals surface area contributed by atoms with Gasteiger partial charge in [0.25, 0.3) is 0 Å². The van der Waals surface area contributed by atoms with Crippen LogP contribution >= 0.6 is 0 Å². The number of rotatable bonds is 7. The number of pyridine rings is 1. The van der Waals surface area contributed by atoms with Crippen molar-refractivity contribution in [2.45, 2.75) is 44.3 Å². The molecule has 0 N–H and O–H groups in total. The third-order valence-corrected chi connectivity index (χ3v) is 6.28. The van der Waals surface area contributed by atoms with Crippen LogP contribution in [-0.2, 0) is 11.3 Å². The monoisotopic (exact) mass is 430 g/mol. The topological polar surface area (TPSA) is 51.7 Å². The van der Waals surface area contributed by atoms with Crippen molar-refractivity contribution >= 4 is 6.29 Å². The molecule has 5 heteroatoms. The van der Waals surface area contributed by atoms with Crippen LogP contribution in [0.5, 0.6) is 11.5 Å². The Kier molecular flexibility index (Phi) is 7.17. The molecular formula is C27H30N2O3. The van der Waals surface area contributed by atoms with Crippen LogP contribution < -0.4 is 9.47 Å². The lowest BCUT2D eigenvalue weighted by Gasteiger charge is -2.35. The molecule has 0 bridgehead atoms. The van der Waals surface area contributed by atoms with Gasteiger partial charge in [-0.2, -0.15) is 0 Å². The minimum atomic E-state index is -0.169. The molecule has 1 fully saturated rings. The molecule has 4 rings (SSSR count). The van der Waals surface area contributed by atoms with Crippen molar-refractivity contribution in [3.8, 4) is 22.6 Å². The van der Waals surface area contributed by atoms with E-state index in [9.17, 15) is 4.79 Å². The second-order valence-corrected chi connectivity index (χ2v) is 8.20. The molecular weight excluding hydrogens is 400 g/mol. The molecule has 0 spiro atoms. The Morgan fingerprint density at radius 3 is 2.34 bits per heavy atom. The number of hydrogen-bond donors (Lipinski definition) is 0. The average molecular weight is 431 g/mol. The standard InChI is InChI=1S/C27H30N2O3/c1-31-25-13-8-14-26(32-2)27(25)24-12-7-6-11-23(19-30)29(24)18-20-15-22(17-28-16-20)21-9-4-3-5-10-21/h3-5,8-10,13-17,19,23-24H,6-7,11-12,18H2,1-2H3. The Bertz CT molecular complexity index is 1020. The van der Waals surface area contributed by atoms with Crippen LogP contribution in [0.1, 0.15) is 42.9 Å². The molecule has 166 valence electrons. The summed E-state index contributed by atoms with van der Waals surface area (Å²) in [6.07, 6.45) is 8.74. The molecule has 0 saturated carbocycles. The number of ether oxygens (including phenoxy) is 2. The summed E-state index contributed by atoms with van der Waals surface area (Å²) in [5, 5.41) is 0. The van der Waals surface area contributed by atoms with Gasteiger partial charge in [-0.3, -0.25) is 9.88 Å². The summed E-state index contributed by atoms with van der Waals surface area (Å²) < 4.78 is 11.4. The summed E-state index contributed by atoms with van der Waals surface area (Å²) in [5.41, 5.74) is 4.30. The van der Waals surface area contributed by atoms with Gasteiger partial charge in [-0.05, 0) is 42.2 Å². The van der Waals surface area contributed by atoms with Crippen LogP contribution in [0.25, 0.3) is 11.1 Å². The summed E-state index contributed by atoms with van der Waals surface area (Å²) in [6, 6.07) is 18.1. The Labute approximate surface area is 190 Å². The molecule has 1 aliphatic heterocycles. The number of methoxy groups -OCH3 is 2. The molecule has 1 aromatic heterocycles. The molecule has 32 heavy (non-hydrogen) atoms. The molecule has 0 radical (unpaired) electrons. The fourth-order valence-electron chi connectivity index (χ4n) is 4.72. The normalized spacial score (nSPS) is 19.2. The van der Waals surface area contributed by atoms with Gasteiger partial charge in [-0.15, -0.1) is 0 Å². The van der Waals surface area contributed by atoms with E-state index >= 15 is 0 Å². The summed E-state index contributed by atoms with van der Waals surface area (Å²) in [7, 11) is 3.37. The summed E-state index contributed by atoms with van der Waals surface area (Å²) >= 11 is 0. The van der Waals surface area contributed by atoms with Gasteiger partial charge in [0.2, 0.25) is 0 Å². The number of aromatic nitrogens is 1. The highest BCUT2D eigenvalue weighted by Gasteiger charge is 2.33. The van der Waals surface area contributed by atoms with Gasteiger partial charge in [-0.1, -0.05) is 49.2 Å². The van der Waals surface area contributed by atoms with E-state index in [0.29, 0.717) is 6.54 Å². The maximum Gasteiger partial charge on any atom is 0.137 e. The van der Waals surface area contributed by atoms with Crippen molar-refractivity contribution in [1.29, 1.82) is 0 Å². The van der Waals surface area contributed by atoms with Crippen molar-refractivity contribution in [3.63, 3.8) is 0 Å². The van der Waals surface area contributed by atoms with Gasteiger partial charge in [0.1, 0.15) is 17.8 Å². The number of benzene rings is 2. The third kappa shape index (κ3) is 4.68. The maximum atomic E-state index is 12.2. The zero-order chi connectivity index (χ0) is 22.3. The van der Waals surface area contributed by atoms with E-state index in [4.69, 9.17) is 9.47 Å². The molecule has 3 aromatic rings. The van der Waals surface area contributed by atoms with E-state index in [2.05, 4.69) is 28.1 Å². The van der Waals surface area contributed by atoms with E-state index in [0.717, 1.165) is 65.7 Å². The van der Waals surface area contributed by atoms with E-state index in [1.807, 2.05) is 48.8 Å². The lowest BCUT2D eigenvalue weighted by molar-refractivity contribution is -0.113. The molecule has 1 aliphatic rings. The number of carbonyl (C=O) groups is 1. The second-order valence-electron chi connectivity index (χ2n) is 8.20. The van der Waals surface area contributed by atoms with Crippen molar-refractivity contribution in [3.05, 3.63) is 78.1 Å². The highest BCUT2D eigenvalue weighted by molar-refractivity contribution is 5.63. The third-order valence-electron chi connectivity index (χ3n) is 6.28. The van der Waals surface area contributed by atoms with Crippen molar-refractivity contribution in [1.82, 2.24) is 9.88 Å². The van der Waals surface area contributed by atoms with E-state index in [-0.39, 0.29) is 12.1 Å². The molecule has 2 aromatic carbocycles. The van der Waals surface area contributed by atoms with E-state index in [1.165, 1.54) is 0 Å². The highest BCUT2D eigenvalue weighted by atomic mass is 16.5. The van der Waals surface area contributed by atoms with Gasteiger partial charge in [-0.25, -0.2) is 0 Å². The van der Waals surface area contributed by atoms with Crippen molar-refractivity contribution < 1.29 is 14.3 Å². The number of hydrogen-bond acceptors (Lipinski definition) is 5. The first-order chi connectivity index (χ1) is 15.7. The number of aldehydes is 1. The van der Waals surface area contributed by atoms with E-state index in [1.54, 1.807) is 14.2 Å². The van der Waals surface area contributed by atoms with Crippen LogP contribution in [0, 0.1) is 0 Å². The Balaban J connectivity index is 1.73. The van der Waals surface area contributed by atoms with Gasteiger partial charge < -0.3 is 14.3 Å². The van der Waals surface area contributed by atoms with Crippen LogP contribution in [0.2, 0.25) is 0 Å². The zero-order valence-corrected chi connectivity index (χ0v) is 18.7. The summed E-state index contributed by atoms with van der Waals surface area (Å²) in [6.45, 7) is 0.628. The first kappa shape index (κ1) is 22.0. The first-order valence-corrected chi connectivity index (χ1v) is 11.2. The molecule has 2 heterocycles. The quantitative estimate of drug-likeness (QED) is 0.467. The fraction of sp³-hybridized carbons (Fsp3) is 0.333. The minimum absolute atomic E-state index is 0.0131. The van der Waals surface area contributed by atoms with Crippen LogP contribution in [-0.4, -0.2) is 36.4 Å².